The van der Waals surface area contributed by atoms with Crippen molar-refractivity contribution < 1.29 is 0 Å². The summed E-state index contributed by atoms with van der Waals surface area (Å²) in [5.41, 5.74) is 3.19. The maximum atomic E-state index is 4.25. The van der Waals surface area contributed by atoms with Gasteiger partial charge in [-0.15, -0.1) is 10.2 Å². The zero-order chi connectivity index (χ0) is 11.4. The van der Waals surface area contributed by atoms with E-state index in [1.165, 1.54) is 0 Å². The molecule has 0 radical (unpaired) electrons. The van der Waals surface area contributed by atoms with Gasteiger partial charge in [-0.3, -0.25) is 0 Å². The summed E-state index contributed by atoms with van der Waals surface area (Å²) in [6.07, 6.45) is 0. The number of aryl methyl sites for hydroxylation is 1. The molecule has 0 aliphatic carbocycles. The Balaban J connectivity index is 2.37. The highest BCUT2D eigenvalue weighted by atomic mass is 15.2. The van der Waals surface area contributed by atoms with E-state index in [0.29, 0.717) is 0 Å². The number of benzene rings is 1. The quantitative estimate of drug-likeness (QED) is 0.851. The summed E-state index contributed by atoms with van der Waals surface area (Å²) in [6.45, 7) is 4.96. The molecule has 3 nitrogen and oxygen atoms in total. The van der Waals surface area contributed by atoms with Gasteiger partial charge in [0, 0.05) is 12.1 Å². The second-order valence-electron chi connectivity index (χ2n) is 3.66. The predicted molar refractivity (Wildman–Crippen MR) is 66.4 cm³/mol. The van der Waals surface area contributed by atoms with Crippen molar-refractivity contribution in [1.29, 1.82) is 0 Å². The second kappa shape index (κ2) is 4.75. The molecule has 16 heavy (non-hydrogen) atoms. The van der Waals surface area contributed by atoms with E-state index >= 15 is 0 Å². The molecule has 0 amide bonds. The Hall–Kier alpha value is -1.90. The van der Waals surface area contributed by atoms with Crippen molar-refractivity contribution in [2.75, 3.05) is 11.9 Å². The second-order valence-corrected chi connectivity index (χ2v) is 3.66. The van der Waals surface area contributed by atoms with E-state index in [1.807, 2.05) is 43.3 Å². The predicted octanol–water partition coefficient (Wildman–Crippen LogP) is 2.88. The first-order valence-corrected chi connectivity index (χ1v) is 5.45. The Kier molecular flexibility index (Phi) is 3.15. The van der Waals surface area contributed by atoms with Crippen molar-refractivity contribution in [1.82, 2.24) is 10.2 Å². The van der Waals surface area contributed by atoms with Crippen molar-refractivity contribution in [3.63, 3.8) is 0 Å². The summed E-state index contributed by atoms with van der Waals surface area (Å²) >= 11 is 0. The summed E-state index contributed by atoms with van der Waals surface area (Å²) in [7, 11) is 0. The third kappa shape index (κ3) is 2.19. The summed E-state index contributed by atoms with van der Waals surface area (Å²) in [4.78, 5) is 0. The van der Waals surface area contributed by atoms with Crippen LogP contribution in [0.5, 0.6) is 0 Å². The summed E-state index contributed by atoms with van der Waals surface area (Å²) < 4.78 is 0. The average Bonchev–Trinajstić information content (AvgIpc) is 2.31. The van der Waals surface area contributed by atoms with Gasteiger partial charge in [-0.1, -0.05) is 30.3 Å². The van der Waals surface area contributed by atoms with Gasteiger partial charge in [-0.05, 0) is 25.5 Å². The van der Waals surface area contributed by atoms with Gasteiger partial charge in [0.15, 0.2) is 0 Å². The van der Waals surface area contributed by atoms with Crippen LogP contribution in [0.2, 0.25) is 0 Å². The fourth-order valence-corrected chi connectivity index (χ4v) is 1.63. The lowest BCUT2D eigenvalue weighted by atomic mass is 10.1. The topological polar surface area (TPSA) is 37.8 Å². The Bertz CT molecular complexity index is 466. The molecule has 0 saturated carbocycles. The fourth-order valence-electron chi connectivity index (χ4n) is 1.63. The van der Waals surface area contributed by atoms with Crippen molar-refractivity contribution in [3.8, 4) is 11.3 Å². The van der Waals surface area contributed by atoms with Crippen LogP contribution in [0.15, 0.2) is 36.4 Å². The molecule has 0 atom stereocenters. The van der Waals surface area contributed by atoms with Gasteiger partial charge in [0.1, 0.15) is 5.82 Å². The molecule has 1 N–H and O–H groups in total. The Morgan fingerprint density at radius 3 is 2.50 bits per heavy atom. The summed E-state index contributed by atoms with van der Waals surface area (Å²) in [6, 6.07) is 12.1. The van der Waals surface area contributed by atoms with E-state index in [9.17, 15) is 0 Å². The van der Waals surface area contributed by atoms with E-state index in [-0.39, 0.29) is 0 Å². The van der Waals surface area contributed by atoms with Crippen LogP contribution in [0.1, 0.15) is 12.5 Å². The van der Waals surface area contributed by atoms with Crippen molar-refractivity contribution in [2.24, 2.45) is 0 Å². The monoisotopic (exact) mass is 213 g/mol. The van der Waals surface area contributed by atoms with E-state index < -0.39 is 0 Å². The minimum absolute atomic E-state index is 0.833. The molecule has 1 aromatic heterocycles. The first-order valence-electron chi connectivity index (χ1n) is 5.45. The van der Waals surface area contributed by atoms with E-state index in [1.54, 1.807) is 0 Å². The van der Waals surface area contributed by atoms with Crippen LogP contribution in [0, 0.1) is 6.92 Å². The molecule has 0 fully saturated rings. The van der Waals surface area contributed by atoms with Crippen LogP contribution in [0.4, 0.5) is 5.82 Å². The standard InChI is InChI=1S/C13H15N3/c1-3-14-12-9-10(2)13(16-15-12)11-7-5-4-6-8-11/h4-9H,3H2,1-2H3,(H,14,15). The van der Waals surface area contributed by atoms with Crippen molar-refractivity contribution in [3.05, 3.63) is 42.0 Å². The zero-order valence-electron chi connectivity index (χ0n) is 9.57. The van der Waals surface area contributed by atoms with Gasteiger partial charge in [-0.2, -0.15) is 0 Å². The Labute approximate surface area is 95.5 Å². The lowest BCUT2D eigenvalue weighted by Gasteiger charge is -2.06. The maximum Gasteiger partial charge on any atom is 0.148 e. The third-order valence-electron chi connectivity index (χ3n) is 2.39. The molecular weight excluding hydrogens is 198 g/mol. The highest BCUT2D eigenvalue weighted by Gasteiger charge is 2.04. The molecule has 1 aromatic carbocycles. The van der Waals surface area contributed by atoms with E-state index in [2.05, 4.69) is 22.4 Å². The van der Waals surface area contributed by atoms with Crippen LogP contribution in [0.3, 0.4) is 0 Å². The fraction of sp³-hybridized carbons (Fsp3) is 0.231. The van der Waals surface area contributed by atoms with Crippen molar-refractivity contribution >= 4 is 5.82 Å². The number of nitrogens with zero attached hydrogens (tertiary/aromatic N) is 2. The molecule has 0 aliphatic heterocycles. The van der Waals surface area contributed by atoms with Crippen LogP contribution in [-0.4, -0.2) is 16.7 Å². The molecule has 1 heterocycles. The summed E-state index contributed by atoms with van der Waals surface area (Å²) in [5.74, 6) is 0.833. The highest BCUT2D eigenvalue weighted by Crippen LogP contribution is 2.21. The lowest BCUT2D eigenvalue weighted by Crippen LogP contribution is -2.02. The number of aromatic nitrogens is 2. The zero-order valence-corrected chi connectivity index (χ0v) is 9.57. The number of rotatable bonds is 3. The lowest BCUT2D eigenvalue weighted by molar-refractivity contribution is 1.00. The van der Waals surface area contributed by atoms with Crippen LogP contribution < -0.4 is 5.32 Å². The maximum absolute atomic E-state index is 4.25. The van der Waals surface area contributed by atoms with E-state index in [0.717, 1.165) is 29.2 Å². The SMILES string of the molecule is CCNc1cc(C)c(-c2ccccc2)nn1. The number of anilines is 1. The first kappa shape index (κ1) is 10.6. The highest BCUT2D eigenvalue weighted by molar-refractivity contribution is 5.63. The van der Waals surface area contributed by atoms with Gasteiger partial charge in [0.25, 0.3) is 0 Å². The molecule has 3 heteroatoms. The van der Waals surface area contributed by atoms with Gasteiger partial charge in [0.2, 0.25) is 0 Å². The van der Waals surface area contributed by atoms with Gasteiger partial charge in [0.05, 0.1) is 5.69 Å². The molecule has 82 valence electrons. The normalized spacial score (nSPS) is 10.1. The van der Waals surface area contributed by atoms with Gasteiger partial charge in [-0.25, -0.2) is 0 Å². The largest absolute Gasteiger partial charge is 0.369 e. The number of hydrogen-bond donors (Lipinski definition) is 1. The number of hydrogen-bond acceptors (Lipinski definition) is 3. The molecule has 2 aromatic rings. The Morgan fingerprint density at radius 1 is 1.12 bits per heavy atom. The van der Waals surface area contributed by atoms with Crippen LogP contribution in [-0.2, 0) is 0 Å². The van der Waals surface area contributed by atoms with Gasteiger partial charge >= 0.3 is 0 Å². The molecule has 0 spiro atoms. The first-order chi connectivity index (χ1) is 7.81. The molecule has 0 saturated heterocycles. The smallest absolute Gasteiger partial charge is 0.148 e. The summed E-state index contributed by atoms with van der Waals surface area (Å²) in [5, 5.41) is 11.6. The molecule has 0 aliphatic rings. The third-order valence-corrected chi connectivity index (χ3v) is 2.39. The average molecular weight is 213 g/mol. The molecule has 0 bridgehead atoms. The molecule has 2 rings (SSSR count). The van der Waals surface area contributed by atoms with Gasteiger partial charge < -0.3 is 5.32 Å². The minimum atomic E-state index is 0.833. The van der Waals surface area contributed by atoms with Crippen LogP contribution in [0.25, 0.3) is 11.3 Å². The van der Waals surface area contributed by atoms with E-state index in [4.69, 9.17) is 0 Å². The molecular formula is C13H15N3. The minimum Gasteiger partial charge on any atom is -0.369 e. The van der Waals surface area contributed by atoms with Crippen LogP contribution >= 0.6 is 0 Å². The van der Waals surface area contributed by atoms with Crippen molar-refractivity contribution in [2.45, 2.75) is 13.8 Å². The Morgan fingerprint density at radius 2 is 1.88 bits per heavy atom. The number of nitrogens with one attached hydrogen (secondary N) is 1. The molecule has 0 unspecified atom stereocenters.